The second kappa shape index (κ2) is 10.2. The average Bonchev–Trinajstić information content (AvgIpc) is 3.37. The molecule has 0 bridgehead atoms. The lowest BCUT2D eigenvalue weighted by atomic mass is 10.1. The topological polar surface area (TPSA) is 27.5 Å². The fourth-order valence-electron chi connectivity index (χ4n) is 4.49. The number of aryl methyl sites for hydroxylation is 3. The molecule has 0 spiro atoms. The summed E-state index contributed by atoms with van der Waals surface area (Å²) in [4.78, 5) is 9.02. The van der Waals surface area contributed by atoms with Crippen LogP contribution in [0.25, 0.3) is 5.69 Å². The quantitative estimate of drug-likeness (QED) is 0.487. The van der Waals surface area contributed by atoms with E-state index in [-0.39, 0.29) is 0 Å². The number of thiophene rings is 1. The molecule has 0 amide bonds. The van der Waals surface area contributed by atoms with E-state index >= 15 is 0 Å². The van der Waals surface area contributed by atoms with E-state index in [0.29, 0.717) is 0 Å². The lowest BCUT2D eigenvalue weighted by molar-refractivity contribution is 0.271. The van der Waals surface area contributed by atoms with Crippen LogP contribution in [0.15, 0.2) is 35.7 Å². The van der Waals surface area contributed by atoms with Crippen LogP contribution < -0.4 is 4.90 Å². The number of piperazine rings is 1. The highest BCUT2D eigenvalue weighted by Gasteiger charge is 2.26. The van der Waals surface area contributed by atoms with E-state index < -0.39 is 0 Å². The van der Waals surface area contributed by atoms with Crippen LogP contribution in [-0.4, -0.2) is 59.4 Å². The van der Waals surface area contributed by atoms with Crippen LogP contribution in [0.3, 0.4) is 0 Å². The maximum absolute atomic E-state index is 5.17. The van der Waals surface area contributed by atoms with Crippen LogP contribution >= 0.6 is 11.3 Å². The van der Waals surface area contributed by atoms with Crippen LogP contribution in [0.4, 0.5) is 5.82 Å². The third-order valence-electron chi connectivity index (χ3n) is 6.59. The number of anilines is 1. The minimum absolute atomic E-state index is 0.935. The lowest BCUT2D eigenvalue weighted by Gasteiger charge is -2.35. The summed E-state index contributed by atoms with van der Waals surface area (Å²) in [5.41, 5.74) is 6.46. The van der Waals surface area contributed by atoms with Crippen molar-refractivity contribution in [1.29, 1.82) is 0 Å². The molecule has 172 valence electrons. The van der Waals surface area contributed by atoms with Crippen molar-refractivity contribution in [3.63, 3.8) is 0 Å². The molecular formula is C26H37N5S. The first-order valence-electron chi connectivity index (χ1n) is 11.9. The van der Waals surface area contributed by atoms with Gasteiger partial charge in [0, 0.05) is 49.7 Å². The van der Waals surface area contributed by atoms with Crippen molar-refractivity contribution in [2.24, 2.45) is 0 Å². The lowest BCUT2D eigenvalue weighted by Crippen LogP contribution is -2.45. The van der Waals surface area contributed by atoms with Gasteiger partial charge < -0.3 is 9.80 Å². The zero-order valence-corrected chi connectivity index (χ0v) is 21.1. The van der Waals surface area contributed by atoms with E-state index in [1.54, 1.807) is 0 Å². The molecule has 1 aromatic carbocycles. The normalized spacial score (nSPS) is 15.1. The number of rotatable bonds is 8. The number of nitrogens with zero attached hydrogens (tertiary/aromatic N) is 5. The largest absolute Gasteiger partial charge is 0.354 e. The van der Waals surface area contributed by atoms with Crippen LogP contribution in [-0.2, 0) is 19.5 Å². The summed E-state index contributed by atoms with van der Waals surface area (Å²) in [5, 5.41) is 7.38. The number of hydrogen-bond acceptors (Lipinski definition) is 5. The molecule has 0 atom stereocenters. The number of benzene rings is 1. The summed E-state index contributed by atoms with van der Waals surface area (Å²) in [6, 6.07) is 11.0. The van der Waals surface area contributed by atoms with Crippen LogP contribution in [0, 0.1) is 13.8 Å². The first-order valence-corrected chi connectivity index (χ1v) is 12.7. The maximum atomic E-state index is 5.17. The molecule has 0 aliphatic carbocycles. The van der Waals surface area contributed by atoms with Crippen molar-refractivity contribution >= 4 is 17.2 Å². The molecule has 1 aliphatic heterocycles. The van der Waals surface area contributed by atoms with Crippen molar-refractivity contribution in [1.82, 2.24) is 19.6 Å². The molecule has 0 N–H and O–H groups in total. The smallest absolute Gasteiger partial charge is 0.137 e. The Bertz CT molecular complexity index is 1030. The number of hydrogen-bond donors (Lipinski definition) is 0. The molecule has 6 heteroatoms. The van der Waals surface area contributed by atoms with Gasteiger partial charge in [-0.05, 0) is 68.6 Å². The van der Waals surface area contributed by atoms with Gasteiger partial charge in [-0.15, -0.1) is 11.3 Å². The van der Waals surface area contributed by atoms with E-state index in [1.807, 2.05) is 11.3 Å². The Kier molecular flexibility index (Phi) is 7.33. The highest BCUT2D eigenvalue weighted by molar-refractivity contribution is 7.10. The Labute approximate surface area is 197 Å². The maximum Gasteiger partial charge on any atom is 0.137 e. The Morgan fingerprint density at radius 1 is 1.03 bits per heavy atom. The van der Waals surface area contributed by atoms with Crippen LogP contribution in [0.2, 0.25) is 0 Å². The summed E-state index contributed by atoms with van der Waals surface area (Å²) in [6.45, 7) is 16.1. The average molecular weight is 452 g/mol. The minimum Gasteiger partial charge on any atom is -0.354 e. The highest BCUT2D eigenvalue weighted by Crippen LogP contribution is 2.31. The summed E-state index contributed by atoms with van der Waals surface area (Å²) in [6.07, 6.45) is 0.949. The first-order chi connectivity index (χ1) is 15.5. The summed E-state index contributed by atoms with van der Waals surface area (Å²) in [7, 11) is 2.22. The Balaban J connectivity index is 1.75. The molecule has 1 fully saturated rings. The van der Waals surface area contributed by atoms with Gasteiger partial charge in [-0.3, -0.25) is 4.90 Å². The minimum atomic E-state index is 0.935. The molecule has 3 heterocycles. The van der Waals surface area contributed by atoms with E-state index in [1.165, 1.54) is 33.1 Å². The van der Waals surface area contributed by atoms with Crippen molar-refractivity contribution < 1.29 is 0 Å². The summed E-state index contributed by atoms with van der Waals surface area (Å²) < 4.78 is 2.22. The molecule has 5 nitrogen and oxygen atoms in total. The van der Waals surface area contributed by atoms with Gasteiger partial charge in [0.1, 0.15) is 5.82 Å². The van der Waals surface area contributed by atoms with Gasteiger partial charge in [0.15, 0.2) is 0 Å². The highest BCUT2D eigenvalue weighted by atomic mass is 32.1. The SMILES string of the molecule is CCc1nn(-c2cccc(C)c2)c(N2CCN(C)CC2)c1CN(CC)Cc1sccc1C. The zero-order chi connectivity index (χ0) is 22.7. The van der Waals surface area contributed by atoms with Gasteiger partial charge in [0.05, 0.1) is 11.4 Å². The predicted octanol–water partition coefficient (Wildman–Crippen LogP) is 4.89. The van der Waals surface area contributed by atoms with Crippen LogP contribution in [0.1, 0.15) is 41.1 Å². The molecule has 1 aliphatic rings. The van der Waals surface area contributed by atoms with Crippen molar-refractivity contribution in [3.05, 3.63) is 63.0 Å². The van der Waals surface area contributed by atoms with Crippen LogP contribution in [0.5, 0.6) is 0 Å². The Morgan fingerprint density at radius 3 is 2.44 bits per heavy atom. The Hall–Kier alpha value is -2.15. The van der Waals surface area contributed by atoms with Crippen molar-refractivity contribution in [2.75, 3.05) is 44.7 Å². The Morgan fingerprint density at radius 2 is 1.81 bits per heavy atom. The van der Waals surface area contributed by atoms with E-state index in [9.17, 15) is 0 Å². The first kappa shape index (κ1) is 23.0. The fraction of sp³-hybridized carbons (Fsp3) is 0.500. The second-order valence-corrected chi connectivity index (χ2v) is 9.97. The number of aromatic nitrogens is 2. The van der Waals surface area contributed by atoms with Gasteiger partial charge in [-0.1, -0.05) is 26.0 Å². The summed E-state index contributed by atoms with van der Waals surface area (Å²) in [5.74, 6) is 1.29. The van der Waals surface area contributed by atoms with Gasteiger partial charge >= 0.3 is 0 Å². The van der Waals surface area contributed by atoms with E-state index in [2.05, 4.69) is 89.8 Å². The molecule has 1 saturated heterocycles. The van der Waals surface area contributed by atoms with Gasteiger partial charge in [-0.25, -0.2) is 4.68 Å². The fourth-order valence-corrected chi connectivity index (χ4v) is 5.43. The van der Waals surface area contributed by atoms with Crippen molar-refractivity contribution in [2.45, 2.75) is 47.2 Å². The van der Waals surface area contributed by atoms with Gasteiger partial charge in [0.2, 0.25) is 0 Å². The molecule has 32 heavy (non-hydrogen) atoms. The standard InChI is InChI=1S/C26H37N5S/c1-6-24-23(18-29(7-2)19-25-21(4)11-16-32-25)26(30-14-12-28(5)13-15-30)31(27-24)22-10-8-9-20(3)17-22/h8-11,16-17H,6-7,12-15,18-19H2,1-5H3. The molecule has 2 aromatic heterocycles. The molecular weight excluding hydrogens is 414 g/mol. The predicted molar refractivity (Wildman–Crippen MR) is 136 cm³/mol. The second-order valence-electron chi connectivity index (χ2n) is 8.97. The van der Waals surface area contributed by atoms with Gasteiger partial charge in [-0.2, -0.15) is 5.10 Å². The monoisotopic (exact) mass is 451 g/mol. The van der Waals surface area contributed by atoms with E-state index in [4.69, 9.17) is 5.10 Å². The zero-order valence-electron chi connectivity index (χ0n) is 20.3. The molecule has 4 rings (SSSR count). The third-order valence-corrected chi connectivity index (χ3v) is 7.60. The molecule has 0 radical (unpaired) electrons. The molecule has 0 unspecified atom stereocenters. The van der Waals surface area contributed by atoms with Crippen molar-refractivity contribution in [3.8, 4) is 5.69 Å². The number of likely N-dealkylation sites (N-methyl/N-ethyl adjacent to an activating group) is 1. The third kappa shape index (κ3) is 4.92. The van der Waals surface area contributed by atoms with E-state index in [0.717, 1.165) is 57.9 Å². The summed E-state index contributed by atoms with van der Waals surface area (Å²) >= 11 is 1.87. The molecule has 0 saturated carbocycles. The van der Waals surface area contributed by atoms with Gasteiger partial charge in [0.25, 0.3) is 0 Å². The molecule has 3 aromatic rings.